The van der Waals surface area contributed by atoms with Crippen LogP contribution in [0.25, 0.3) is 0 Å². The van der Waals surface area contributed by atoms with Gasteiger partial charge in [-0.2, -0.15) is 0 Å². The molecule has 5 nitrogen and oxygen atoms in total. The molecule has 1 unspecified atom stereocenters. The molecular formula is C22H21BrF3NO4. The number of ketones is 1. The van der Waals surface area contributed by atoms with E-state index in [4.69, 9.17) is 9.47 Å². The molecule has 31 heavy (non-hydrogen) atoms. The lowest BCUT2D eigenvalue weighted by molar-refractivity contribution is -0.274. The molecule has 1 fully saturated rings. The van der Waals surface area contributed by atoms with E-state index >= 15 is 0 Å². The van der Waals surface area contributed by atoms with E-state index in [1.54, 1.807) is 19.2 Å². The van der Waals surface area contributed by atoms with Gasteiger partial charge in [0.2, 0.25) is 0 Å². The van der Waals surface area contributed by atoms with Gasteiger partial charge < -0.3 is 19.1 Å². The monoisotopic (exact) mass is 499 g/mol. The van der Waals surface area contributed by atoms with Crippen LogP contribution in [0.3, 0.4) is 0 Å². The number of carbonyl (C=O) groups excluding carboxylic acids is 1. The number of hydrogen-bond acceptors (Lipinski definition) is 5. The van der Waals surface area contributed by atoms with Crippen molar-refractivity contribution in [3.05, 3.63) is 51.5 Å². The number of rotatable bonds is 5. The van der Waals surface area contributed by atoms with Crippen molar-refractivity contribution in [2.75, 3.05) is 38.3 Å². The highest BCUT2D eigenvalue weighted by molar-refractivity contribution is 9.10. The third-order valence-corrected chi connectivity index (χ3v) is 5.96. The Hall–Kier alpha value is -2.26. The molecule has 1 aliphatic heterocycles. The van der Waals surface area contributed by atoms with Crippen LogP contribution in [0.5, 0.6) is 11.5 Å². The van der Waals surface area contributed by atoms with Crippen molar-refractivity contribution in [1.82, 2.24) is 0 Å². The molecule has 2 aromatic rings. The molecular weight excluding hydrogens is 479 g/mol. The number of alkyl halides is 3. The van der Waals surface area contributed by atoms with E-state index < -0.39 is 6.36 Å². The predicted molar refractivity (Wildman–Crippen MR) is 112 cm³/mol. The first kappa shape index (κ1) is 22.0. The topological polar surface area (TPSA) is 48.0 Å². The number of morpholine rings is 1. The minimum atomic E-state index is -4.77. The minimum Gasteiger partial charge on any atom is -0.495 e. The summed E-state index contributed by atoms with van der Waals surface area (Å²) in [5.41, 5.74) is 3.07. The Morgan fingerprint density at radius 2 is 1.90 bits per heavy atom. The van der Waals surface area contributed by atoms with Crippen molar-refractivity contribution in [2.24, 2.45) is 5.92 Å². The van der Waals surface area contributed by atoms with Crippen LogP contribution < -0.4 is 14.4 Å². The third kappa shape index (κ3) is 4.98. The first-order valence-corrected chi connectivity index (χ1v) is 10.7. The summed E-state index contributed by atoms with van der Waals surface area (Å²) in [5, 5.41) is 0. The van der Waals surface area contributed by atoms with Crippen molar-refractivity contribution < 1.29 is 32.2 Å². The average Bonchev–Trinajstić information content (AvgIpc) is 3.00. The van der Waals surface area contributed by atoms with E-state index in [0.29, 0.717) is 47.4 Å². The number of halogens is 4. The Morgan fingerprint density at radius 1 is 1.16 bits per heavy atom. The lowest BCUT2D eigenvalue weighted by Gasteiger charge is -2.30. The molecule has 2 aliphatic rings. The number of Topliss-reactive ketones (excluding diaryl/α,β-unsaturated/α-hetero) is 1. The number of anilines is 1. The maximum atomic E-state index is 13.0. The van der Waals surface area contributed by atoms with Crippen molar-refractivity contribution in [2.45, 2.75) is 19.2 Å². The van der Waals surface area contributed by atoms with E-state index in [-0.39, 0.29) is 17.5 Å². The number of ether oxygens (including phenoxy) is 3. The van der Waals surface area contributed by atoms with Crippen LogP contribution >= 0.6 is 15.9 Å². The molecule has 1 saturated heterocycles. The van der Waals surface area contributed by atoms with Crippen molar-refractivity contribution >= 4 is 27.4 Å². The molecule has 166 valence electrons. The molecule has 0 spiro atoms. The summed E-state index contributed by atoms with van der Waals surface area (Å²) in [6.45, 7) is 2.75. The fourth-order valence-corrected chi connectivity index (χ4v) is 4.70. The normalized spacial score (nSPS) is 18.8. The highest BCUT2D eigenvalue weighted by atomic mass is 79.9. The van der Waals surface area contributed by atoms with Gasteiger partial charge in [0.1, 0.15) is 11.5 Å². The van der Waals surface area contributed by atoms with Crippen LogP contribution in [-0.2, 0) is 17.6 Å². The number of methoxy groups -OCH3 is 1. The summed E-state index contributed by atoms with van der Waals surface area (Å²) in [6.07, 6.45) is -3.93. The lowest BCUT2D eigenvalue weighted by Crippen LogP contribution is -2.36. The number of carbonyl (C=O) groups is 1. The van der Waals surface area contributed by atoms with Crippen LogP contribution in [0, 0.1) is 5.92 Å². The fraction of sp³-hybridized carbons (Fsp3) is 0.409. The molecule has 1 aliphatic carbocycles. The Morgan fingerprint density at radius 3 is 2.58 bits per heavy atom. The maximum Gasteiger partial charge on any atom is 0.573 e. The maximum absolute atomic E-state index is 13.0. The molecule has 1 heterocycles. The highest BCUT2D eigenvalue weighted by Gasteiger charge is 2.34. The van der Waals surface area contributed by atoms with Crippen molar-refractivity contribution in [3.63, 3.8) is 0 Å². The molecule has 0 bridgehead atoms. The van der Waals surface area contributed by atoms with Crippen molar-refractivity contribution in [1.29, 1.82) is 0 Å². The summed E-state index contributed by atoms with van der Waals surface area (Å²) in [7, 11) is 1.58. The Balaban J connectivity index is 1.57. The number of hydrogen-bond donors (Lipinski definition) is 0. The summed E-state index contributed by atoms with van der Waals surface area (Å²) in [4.78, 5) is 15.2. The quantitative estimate of drug-likeness (QED) is 0.591. The predicted octanol–water partition coefficient (Wildman–Crippen LogP) is 4.79. The Kier molecular flexibility index (Phi) is 6.16. The molecule has 9 heteroatoms. The van der Waals surface area contributed by atoms with Crippen LogP contribution in [-0.4, -0.2) is 45.6 Å². The van der Waals surface area contributed by atoms with Crippen LogP contribution in [0.15, 0.2) is 34.8 Å². The number of benzene rings is 2. The Bertz CT molecular complexity index is 989. The Labute approximate surface area is 186 Å². The van der Waals surface area contributed by atoms with E-state index in [0.717, 1.165) is 24.3 Å². The van der Waals surface area contributed by atoms with Crippen LogP contribution in [0.2, 0.25) is 0 Å². The summed E-state index contributed by atoms with van der Waals surface area (Å²) in [5.74, 6) is -0.0538. The van der Waals surface area contributed by atoms with Gasteiger partial charge in [-0.3, -0.25) is 4.79 Å². The smallest absolute Gasteiger partial charge is 0.495 e. The molecule has 0 aromatic heterocycles. The van der Waals surface area contributed by atoms with Gasteiger partial charge in [0.25, 0.3) is 0 Å². The summed E-state index contributed by atoms with van der Waals surface area (Å²) in [6, 6.07) is 8.06. The van der Waals surface area contributed by atoms with Gasteiger partial charge in [0.15, 0.2) is 5.78 Å². The van der Waals surface area contributed by atoms with Gasteiger partial charge in [-0.05, 0) is 54.3 Å². The van der Waals surface area contributed by atoms with E-state index in [9.17, 15) is 18.0 Å². The van der Waals surface area contributed by atoms with Crippen LogP contribution in [0.4, 0.5) is 18.9 Å². The molecule has 1 atom stereocenters. The van der Waals surface area contributed by atoms with Gasteiger partial charge in [-0.25, -0.2) is 0 Å². The fourth-order valence-electron chi connectivity index (χ4n) is 4.18. The lowest BCUT2D eigenvalue weighted by atomic mass is 9.95. The minimum absolute atomic E-state index is 0.0277. The molecule has 0 N–H and O–H groups in total. The largest absolute Gasteiger partial charge is 0.573 e. The van der Waals surface area contributed by atoms with Crippen molar-refractivity contribution in [3.8, 4) is 11.5 Å². The van der Waals surface area contributed by atoms with E-state index in [1.165, 1.54) is 12.1 Å². The number of nitrogens with zero attached hydrogens (tertiary/aromatic N) is 1. The van der Waals surface area contributed by atoms with Crippen LogP contribution in [0.1, 0.15) is 21.5 Å². The summed E-state index contributed by atoms with van der Waals surface area (Å²) >= 11 is 3.22. The molecule has 0 saturated carbocycles. The first-order chi connectivity index (χ1) is 14.7. The van der Waals surface area contributed by atoms with Gasteiger partial charge in [-0.1, -0.05) is 15.9 Å². The zero-order chi connectivity index (χ0) is 22.2. The average molecular weight is 500 g/mol. The van der Waals surface area contributed by atoms with Gasteiger partial charge >= 0.3 is 6.36 Å². The van der Waals surface area contributed by atoms with Gasteiger partial charge in [0, 0.05) is 29.0 Å². The van der Waals surface area contributed by atoms with Gasteiger partial charge in [-0.15, -0.1) is 13.2 Å². The molecule has 0 amide bonds. The number of fused-ring (bicyclic) bond motifs is 1. The van der Waals surface area contributed by atoms with E-state index in [2.05, 4.69) is 25.6 Å². The standard InChI is InChI=1S/C22H21BrF3NO4/c1-29-20-12-18-14(10-19(20)27-2-4-30-5-3-27)9-15(21(18)28)6-13-7-16(23)11-17(8-13)31-22(24,25)26/h7-8,10-12,15H,2-6,9H2,1H3. The highest BCUT2D eigenvalue weighted by Crippen LogP contribution is 2.39. The third-order valence-electron chi connectivity index (χ3n) is 5.51. The zero-order valence-electron chi connectivity index (χ0n) is 16.8. The van der Waals surface area contributed by atoms with E-state index in [1.807, 2.05) is 6.07 Å². The molecule has 0 radical (unpaired) electrons. The second kappa shape index (κ2) is 8.70. The SMILES string of the molecule is COc1cc2c(cc1N1CCOCC1)CC(Cc1cc(Br)cc(OC(F)(F)F)c1)C2=O. The van der Waals surface area contributed by atoms with Gasteiger partial charge in [0.05, 0.1) is 26.0 Å². The second-order valence-corrected chi connectivity index (χ2v) is 8.51. The molecule has 2 aromatic carbocycles. The zero-order valence-corrected chi connectivity index (χ0v) is 18.4. The second-order valence-electron chi connectivity index (χ2n) is 7.59. The first-order valence-electron chi connectivity index (χ1n) is 9.86. The molecule has 4 rings (SSSR count). The summed E-state index contributed by atoms with van der Waals surface area (Å²) < 4.78 is 53.3.